The highest BCUT2D eigenvalue weighted by Crippen LogP contribution is 2.45. The first-order valence-corrected chi connectivity index (χ1v) is 9.07. The van der Waals surface area contributed by atoms with Crippen LogP contribution in [0.1, 0.15) is 72.4 Å². The molecule has 128 valence electrons. The Balaban J connectivity index is 2.02. The summed E-state index contributed by atoms with van der Waals surface area (Å²) in [5, 5.41) is 0. The van der Waals surface area contributed by atoms with Crippen LogP contribution in [-0.2, 0) is 6.42 Å². The third kappa shape index (κ3) is 2.79. The molecule has 2 N–H and O–H groups in total. The number of ether oxygens (including phenoxy) is 1. The van der Waals surface area contributed by atoms with Gasteiger partial charge in [0.1, 0.15) is 5.75 Å². The van der Waals surface area contributed by atoms with Gasteiger partial charge in [0.05, 0.1) is 6.61 Å². The molecule has 0 aromatic heterocycles. The predicted molar refractivity (Wildman–Crippen MR) is 102 cm³/mol. The van der Waals surface area contributed by atoms with Crippen molar-refractivity contribution in [3.63, 3.8) is 0 Å². The van der Waals surface area contributed by atoms with Crippen LogP contribution in [0.5, 0.6) is 5.75 Å². The van der Waals surface area contributed by atoms with E-state index in [4.69, 9.17) is 10.5 Å². The maximum atomic E-state index is 6.43. The first kappa shape index (κ1) is 16.9. The molecule has 2 aromatic rings. The van der Waals surface area contributed by atoms with Gasteiger partial charge in [-0.2, -0.15) is 0 Å². The van der Waals surface area contributed by atoms with Crippen molar-refractivity contribution in [2.75, 3.05) is 12.3 Å². The zero-order valence-electron chi connectivity index (χ0n) is 15.6. The second kappa shape index (κ2) is 6.51. The number of benzene rings is 2. The highest BCUT2D eigenvalue weighted by molar-refractivity contribution is 5.68. The molecule has 0 amide bonds. The van der Waals surface area contributed by atoms with Crippen molar-refractivity contribution in [1.29, 1.82) is 0 Å². The van der Waals surface area contributed by atoms with Crippen LogP contribution in [0.2, 0.25) is 0 Å². The van der Waals surface area contributed by atoms with E-state index in [1.165, 1.54) is 33.4 Å². The summed E-state index contributed by atoms with van der Waals surface area (Å²) in [6.45, 7) is 11.7. The van der Waals surface area contributed by atoms with Gasteiger partial charge in [0.15, 0.2) is 0 Å². The average Bonchev–Trinajstić information content (AvgIpc) is 3.01. The fraction of sp³-hybridized carbons (Fsp3) is 0.455. The van der Waals surface area contributed by atoms with E-state index in [0.29, 0.717) is 11.8 Å². The molecule has 0 bridgehead atoms. The minimum absolute atomic E-state index is 0.477. The topological polar surface area (TPSA) is 35.2 Å². The molecule has 0 spiro atoms. The summed E-state index contributed by atoms with van der Waals surface area (Å²) in [6.07, 6.45) is 1.98. The molecule has 2 aromatic carbocycles. The van der Waals surface area contributed by atoms with Crippen molar-refractivity contribution >= 4 is 5.69 Å². The molecule has 0 radical (unpaired) electrons. The van der Waals surface area contributed by atoms with Crippen molar-refractivity contribution in [2.45, 2.75) is 59.3 Å². The minimum atomic E-state index is 0.477. The summed E-state index contributed by atoms with van der Waals surface area (Å²) in [5.74, 6) is 2.14. The first-order valence-electron chi connectivity index (χ1n) is 9.07. The number of nitrogen functional groups attached to an aromatic ring is 1. The SMILES string of the molecule is CCC1COc2c(Cc3ccc(C(C)C)cc3)c(C)c(N)c(C)c21. The van der Waals surface area contributed by atoms with Gasteiger partial charge in [0.2, 0.25) is 0 Å². The molecule has 1 unspecified atom stereocenters. The lowest BCUT2D eigenvalue weighted by Gasteiger charge is -2.18. The van der Waals surface area contributed by atoms with Gasteiger partial charge in [-0.25, -0.2) is 0 Å². The molecular weight excluding hydrogens is 294 g/mol. The fourth-order valence-corrected chi connectivity index (χ4v) is 3.78. The van der Waals surface area contributed by atoms with Gasteiger partial charge in [0.25, 0.3) is 0 Å². The Morgan fingerprint density at radius 1 is 1.12 bits per heavy atom. The number of nitrogens with two attached hydrogens (primary N) is 1. The Labute approximate surface area is 146 Å². The summed E-state index contributed by atoms with van der Waals surface area (Å²) in [7, 11) is 0. The zero-order valence-corrected chi connectivity index (χ0v) is 15.6. The first-order chi connectivity index (χ1) is 11.4. The third-order valence-corrected chi connectivity index (χ3v) is 5.54. The molecule has 0 saturated heterocycles. The summed E-state index contributed by atoms with van der Waals surface area (Å²) >= 11 is 0. The van der Waals surface area contributed by atoms with Gasteiger partial charge in [0, 0.05) is 29.2 Å². The third-order valence-electron chi connectivity index (χ3n) is 5.54. The number of hydrogen-bond donors (Lipinski definition) is 1. The van der Waals surface area contributed by atoms with Crippen molar-refractivity contribution in [3.05, 3.63) is 57.6 Å². The zero-order chi connectivity index (χ0) is 17.4. The summed E-state index contributed by atoms with van der Waals surface area (Å²) in [6, 6.07) is 8.96. The second-order valence-corrected chi connectivity index (χ2v) is 7.37. The van der Waals surface area contributed by atoms with Crippen LogP contribution in [0, 0.1) is 13.8 Å². The van der Waals surface area contributed by atoms with Gasteiger partial charge in [-0.05, 0) is 48.4 Å². The lowest BCUT2D eigenvalue weighted by atomic mass is 9.87. The predicted octanol–water partition coefficient (Wildman–Crippen LogP) is 5.49. The molecule has 2 heteroatoms. The summed E-state index contributed by atoms with van der Waals surface area (Å²) in [5.41, 5.74) is 15.1. The molecule has 1 atom stereocenters. The van der Waals surface area contributed by atoms with E-state index < -0.39 is 0 Å². The molecule has 1 aliphatic heterocycles. The van der Waals surface area contributed by atoms with Crippen molar-refractivity contribution in [3.8, 4) is 5.75 Å². The summed E-state index contributed by atoms with van der Waals surface area (Å²) < 4.78 is 6.13. The molecule has 0 fully saturated rings. The Bertz CT molecular complexity index is 744. The number of rotatable bonds is 4. The lowest BCUT2D eigenvalue weighted by molar-refractivity contribution is 0.326. The van der Waals surface area contributed by atoms with E-state index in [1.54, 1.807) is 0 Å². The molecule has 1 heterocycles. The highest BCUT2D eigenvalue weighted by atomic mass is 16.5. The van der Waals surface area contributed by atoms with E-state index in [1.807, 2.05) is 0 Å². The molecule has 0 saturated carbocycles. The van der Waals surface area contributed by atoms with E-state index in [-0.39, 0.29) is 0 Å². The quantitative estimate of drug-likeness (QED) is 0.756. The molecule has 3 rings (SSSR count). The molecule has 2 nitrogen and oxygen atoms in total. The molecule has 0 aliphatic carbocycles. The van der Waals surface area contributed by atoms with Crippen LogP contribution < -0.4 is 10.5 Å². The van der Waals surface area contributed by atoms with Crippen molar-refractivity contribution < 1.29 is 4.74 Å². The number of fused-ring (bicyclic) bond motifs is 1. The van der Waals surface area contributed by atoms with E-state index in [0.717, 1.165) is 30.9 Å². The van der Waals surface area contributed by atoms with Gasteiger partial charge in [-0.3, -0.25) is 0 Å². The molecular formula is C22H29NO. The largest absolute Gasteiger partial charge is 0.492 e. The molecule has 1 aliphatic rings. The minimum Gasteiger partial charge on any atom is -0.492 e. The Kier molecular flexibility index (Phi) is 4.58. The monoisotopic (exact) mass is 323 g/mol. The van der Waals surface area contributed by atoms with E-state index >= 15 is 0 Å². The van der Waals surface area contributed by atoms with Crippen molar-refractivity contribution in [2.24, 2.45) is 0 Å². The van der Waals surface area contributed by atoms with Crippen LogP contribution in [0.4, 0.5) is 5.69 Å². The molecule has 24 heavy (non-hydrogen) atoms. The van der Waals surface area contributed by atoms with E-state index in [2.05, 4.69) is 58.9 Å². The Morgan fingerprint density at radius 3 is 2.38 bits per heavy atom. The Hall–Kier alpha value is -1.96. The van der Waals surface area contributed by atoms with Gasteiger partial charge < -0.3 is 10.5 Å². The van der Waals surface area contributed by atoms with Gasteiger partial charge >= 0.3 is 0 Å². The number of anilines is 1. The van der Waals surface area contributed by atoms with Crippen LogP contribution in [0.25, 0.3) is 0 Å². The standard InChI is InChI=1S/C22H29NO/c1-6-17-12-24-22-19(14(4)21(23)15(5)20(17)22)11-16-7-9-18(10-8-16)13(2)3/h7-10,13,17H,6,11-12,23H2,1-5H3. The lowest BCUT2D eigenvalue weighted by Crippen LogP contribution is -2.05. The second-order valence-electron chi connectivity index (χ2n) is 7.37. The number of hydrogen-bond acceptors (Lipinski definition) is 2. The normalized spacial score (nSPS) is 16.3. The van der Waals surface area contributed by atoms with Crippen LogP contribution in [0.15, 0.2) is 24.3 Å². The van der Waals surface area contributed by atoms with Gasteiger partial charge in [-0.1, -0.05) is 45.0 Å². The maximum Gasteiger partial charge on any atom is 0.127 e. The van der Waals surface area contributed by atoms with E-state index in [9.17, 15) is 0 Å². The summed E-state index contributed by atoms with van der Waals surface area (Å²) in [4.78, 5) is 0. The van der Waals surface area contributed by atoms with Crippen LogP contribution >= 0.6 is 0 Å². The van der Waals surface area contributed by atoms with Crippen molar-refractivity contribution in [1.82, 2.24) is 0 Å². The Morgan fingerprint density at radius 2 is 1.79 bits per heavy atom. The average molecular weight is 323 g/mol. The highest BCUT2D eigenvalue weighted by Gasteiger charge is 2.30. The smallest absolute Gasteiger partial charge is 0.127 e. The van der Waals surface area contributed by atoms with Gasteiger partial charge in [-0.15, -0.1) is 0 Å². The van der Waals surface area contributed by atoms with Crippen LogP contribution in [0.3, 0.4) is 0 Å². The van der Waals surface area contributed by atoms with Crippen LogP contribution in [-0.4, -0.2) is 6.61 Å². The maximum absolute atomic E-state index is 6.43. The fourth-order valence-electron chi connectivity index (χ4n) is 3.78.